The third kappa shape index (κ3) is 3.27. The molecule has 2 heterocycles. The lowest BCUT2D eigenvalue weighted by molar-refractivity contribution is 0.503. The van der Waals surface area contributed by atoms with E-state index in [1.165, 1.54) is 0 Å². The molecule has 24 heavy (non-hydrogen) atoms. The van der Waals surface area contributed by atoms with Gasteiger partial charge in [-0.2, -0.15) is 5.26 Å². The van der Waals surface area contributed by atoms with E-state index in [0.717, 1.165) is 34.1 Å². The molecule has 4 heteroatoms. The van der Waals surface area contributed by atoms with Crippen LogP contribution in [0.4, 0.5) is 0 Å². The van der Waals surface area contributed by atoms with Crippen molar-refractivity contribution in [3.8, 4) is 17.2 Å². The zero-order chi connectivity index (χ0) is 17.1. The predicted molar refractivity (Wildman–Crippen MR) is 96.1 cm³/mol. The van der Waals surface area contributed by atoms with E-state index in [0.29, 0.717) is 11.5 Å². The lowest BCUT2D eigenvalue weighted by Gasteiger charge is -2.15. The van der Waals surface area contributed by atoms with E-state index < -0.39 is 0 Å². The topological polar surface area (TPSA) is 75.6 Å². The Balaban J connectivity index is 2.10. The summed E-state index contributed by atoms with van der Waals surface area (Å²) in [6, 6.07) is 13.8. The first-order chi connectivity index (χ1) is 11.6. The summed E-state index contributed by atoms with van der Waals surface area (Å²) in [5.74, 6) is 0.483. The molecular formula is C20H20N4. The Kier molecular flexibility index (Phi) is 4.54. The molecule has 0 saturated heterocycles. The molecule has 2 aromatic heterocycles. The van der Waals surface area contributed by atoms with Crippen LogP contribution in [0, 0.1) is 17.2 Å². The maximum Gasteiger partial charge on any atom is 0.0999 e. The Bertz CT molecular complexity index is 895. The number of aromatic nitrogens is 2. The van der Waals surface area contributed by atoms with Gasteiger partial charge in [-0.05, 0) is 53.8 Å². The molecule has 1 aromatic carbocycles. The van der Waals surface area contributed by atoms with Crippen LogP contribution in [0.25, 0.3) is 22.0 Å². The lowest BCUT2D eigenvalue weighted by Crippen LogP contribution is -2.14. The molecule has 0 aliphatic heterocycles. The Labute approximate surface area is 142 Å². The number of fused-ring (bicyclic) bond motifs is 1. The van der Waals surface area contributed by atoms with Crippen LogP contribution in [-0.2, 0) is 0 Å². The number of benzene rings is 1. The van der Waals surface area contributed by atoms with Crippen molar-refractivity contribution in [1.82, 2.24) is 9.97 Å². The first kappa shape index (κ1) is 16.1. The van der Waals surface area contributed by atoms with Crippen LogP contribution in [0.5, 0.6) is 0 Å². The van der Waals surface area contributed by atoms with Gasteiger partial charge in [0, 0.05) is 23.8 Å². The first-order valence-electron chi connectivity index (χ1n) is 8.09. The zero-order valence-electron chi connectivity index (χ0n) is 13.9. The van der Waals surface area contributed by atoms with Crippen LogP contribution in [0.1, 0.15) is 37.6 Å². The van der Waals surface area contributed by atoms with Crippen molar-refractivity contribution in [3.05, 3.63) is 60.0 Å². The highest BCUT2D eigenvalue weighted by Gasteiger charge is 2.14. The van der Waals surface area contributed by atoms with Crippen molar-refractivity contribution in [2.75, 3.05) is 0 Å². The summed E-state index contributed by atoms with van der Waals surface area (Å²) >= 11 is 0. The number of hydrogen-bond acceptors (Lipinski definition) is 4. The van der Waals surface area contributed by atoms with Gasteiger partial charge in [-0.25, -0.2) is 0 Å². The number of nitrogens with two attached hydrogens (primary N) is 1. The fraction of sp³-hybridized carbons (Fsp3) is 0.250. The number of hydrogen-bond donors (Lipinski definition) is 1. The van der Waals surface area contributed by atoms with Gasteiger partial charge in [-0.3, -0.25) is 9.97 Å². The van der Waals surface area contributed by atoms with Crippen LogP contribution in [0.2, 0.25) is 0 Å². The van der Waals surface area contributed by atoms with Crippen molar-refractivity contribution in [2.24, 2.45) is 11.7 Å². The van der Waals surface area contributed by atoms with Crippen molar-refractivity contribution in [2.45, 2.75) is 26.3 Å². The normalized spacial score (nSPS) is 12.3. The van der Waals surface area contributed by atoms with Crippen LogP contribution in [0.3, 0.4) is 0 Å². The summed E-state index contributed by atoms with van der Waals surface area (Å²) < 4.78 is 0. The fourth-order valence-corrected chi connectivity index (χ4v) is 2.88. The molecule has 0 aliphatic rings. The molecule has 4 nitrogen and oxygen atoms in total. The molecule has 0 fully saturated rings. The van der Waals surface area contributed by atoms with Crippen LogP contribution in [0.15, 0.2) is 48.8 Å². The highest BCUT2D eigenvalue weighted by Crippen LogP contribution is 2.28. The quantitative estimate of drug-likeness (QED) is 0.782. The van der Waals surface area contributed by atoms with Crippen molar-refractivity contribution in [1.29, 1.82) is 5.26 Å². The van der Waals surface area contributed by atoms with E-state index in [9.17, 15) is 5.26 Å². The van der Waals surface area contributed by atoms with Gasteiger partial charge in [-0.1, -0.05) is 19.9 Å². The number of nitrogens with zero attached hydrogens (tertiary/aromatic N) is 3. The molecule has 0 bridgehead atoms. The second-order valence-corrected chi connectivity index (χ2v) is 6.41. The molecule has 3 aromatic rings. The highest BCUT2D eigenvalue weighted by molar-refractivity contribution is 5.89. The Hall–Kier alpha value is -2.77. The van der Waals surface area contributed by atoms with Crippen molar-refractivity contribution < 1.29 is 0 Å². The molecule has 0 amide bonds. The van der Waals surface area contributed by atoms with Crippen molar-refractivity contribution >= 4 is 10.9 Å². The van der Waals surface area contributed by atoms with Crippen molar-refractivity contribution in [3.63, 3.8) is 0 Å². The van der Waals surface area contributed by atoms with E-state index in [4.69, 9.17) is 5.73 Å². The summed E-state index contributed by atoms with van der Waals surface area (Å²) in [7, 11) is 0. The average Bonchev–Trinajstić information content (AvgIpc) is 2.60. The molecule has 2 N–H and O–H groups in total. The summed E-state index contributed by atoms with van der Waals surface area (Å²) in [6.45, 7) is 4.26. The fourth-order valence-electron chi connectivity index (χ4n) is 2.88. The minimum absolute atomic E-state index is 0.152. The molecule has 0 radical (unpaired) electrons. The van der Waals surface area contributed by atoms with E-state index in [2.05, 4.69) is 29.9 Å². The first-order valence-corrected chi connectivity index (χ1v) is 8.09. The van der Waals surface area contributed by atoms with Crippen LogP contribution < -0.4 is 5.73 Å². The van der Waals surface area contributed by atoms with Gasteiger partial charge >= 0.3 is 0 Å². The highest BCUT2D eigenvalue weighted by atomic mass is 14.8. The minimum atomic E-state index is -0.152. The Morgan fingerprint density at radius 3 is 2.50 bits per heavy atom. The van der Waals surface area contributed by atoms with E-state index >= 15 is 0 Å². The molecule has 1 unspecified atom stereocenters. The van der Waals surface area contributed by atoms with Gasteiger partial charge < -0.3 is 5.73 Å². The molecule has 0 spiro atoms. The molecule has 1 atom stereocenters. The molecular weight excluding hydrogens is 296 g/mol. The second-order valence-electron chi connectivity index (χ2n) is 6.41. The summed E-state index contributed by atoms with van der Waals surface area (Å²) in [5.41, 5.74) is 10.6. The largest absolute Gasteiger partial charge is 0.323 e. The molecule has 120 valence electrons. The summed E-state index contributed by atoms with van der Waals surface area (Å²) in [5, 5.41) is 10.4. The van der Waals surface area contributed by atoms with Gasteiger partial charge in [0.25, 0.3) is 0 Å². The third-order valence-corrected chi connectivity index (χ3v) is 4.07. The SMILES string of the molecule is CC(C)CC(N)c1cc(C#N)c2cc(-c3ccncc3)ccc2n1. The van der Waals surface area contributed by atoms with Gasteiger partial charge in [0.2, 0.25) is 0 Å². The zero-order valence-corrected chi connectivity index (χ0v) is 13.9. The third-order valence-electron chi connectivity index (χ3n) is 4.07. The Morgan fingerprint density at radius 1 is 1.08 bits per heavy atom. The lowest BCUT2D eigenvalue weighted by atomic mass is 9.97. The number of pyridine rings is 2. The van der Waals surface area contributed by atoms with Gasteiger partial charge in [0.15, 0.2) is 0 Å². The maximum absolute atomic E-state index is 9.56. The van der Waals surface area contributed by atoms with Crippen LogP contribution >= 0.6 is 0 Å². The number of nitriles is 1. The minimum Gasteiger partial charge on any atom is -0.323 e. The number of rotatable bonds is 4. The van der Waals surface area contributed by atoms with E-state index in [1.54, 1.807) is 12.4 Å². The molecule has 0 aliphatic carbocycles. The average molecular weight is 316 g/mol. The van der Waals surface area contributed by atoms with Gasteiger partial charge in [0.1, 0.15) is 0 Å². The van der Waals surface area contributed by atoms with Crippen LogP contribution in [-0.4, -0.2) is 9.97 Å². The maximum atomic E-state index is 9.56. The molecule has 0 saturated carbocycles. The van der Waals surface area contributed by atoms with Gasteiger partial charge in [-0.15, -0.1) is 0 Å². The van der Waals surface area contributed by atoms with E-state index in [-0.39, 0.29) is 6.04 Å². The molecule has 3 rings (SSSR count). The standard InChI is InChI=1S/C20H20N4/c1-13(2)9-18(22)20-11-16(12-21)17-10-15(3-4-19(17)24-20)14-5-7-23-8-6-14/h3-8,10-11,13,18H,9,22H2,1-2H3. The summed E-state index contributed by atoms with van der Waals surface area (Å²) in [4.78, 5) is 8.73. The van der Waals surface area contributed by atoms with E-state index in [1.807, 2.05) is 36.4 Å². The monoisotopic (exact) mass is 316 g/mol. The smallest absolute Gasteiger partial charge is 0.0999 e. The summed E-state index contributed by atoms with van der Waals surface area (Å²) in [6.07, 6.45) is 4.37. The van der Waals surface area contributed by atoms with Gasteiger partial charge in [0.05, 0.1) is 22.8 Å². The predicted octanol–water partition coefficient (Wildman–Crippen LogP) is 4.21. The Morgan fingerprint density at radius 2 is 1.83 bits per heavy atom. The second kappa shape index (κ2) is 6.77.